The molecule has 0 radical (unpaired) electrons. The summed E-state index contributed by atoms with van der Waals surface area (Å²) >= 11 is 0. The molecule has 1 aliphatic rings. The number of benzene rings is 3. The lowest BCUT2D eigenvalue weighted by Crippen LogP contribution is -2.45. The molecule has 39 heavy (non-hydrogen) atoms. The fraction of sp³-hybridized carbons (Fsp3) is 0.333. The number of amides is 1. The van der Waals surface area contributed by atoms with Crippen LogP contribution in [0.15, 0.2) is 91.1 Å². The van der Waals surface area contributed by atoms with Gasteiger partial charge in [-0.25, -0.2) is 4.98 Å². The third-order valence-corrected chi connectivity index (χ3v) is 7.42. The summed E-state index contributed by atoms with van der Waals surface area (Å²) in [5.41, 5.74) is 3.26. The summed E-state index contributed by atoms with van der Waals surface area (Å²) in [6.45, 7) is 9.63. The number of carbonyl (C=O) groups excluding carboxylic acids is 1. The number of nitrogens with zero attached hydrogens (tertiary/aromatic N) is 3. The summed E-state index contributed by atoms with van der Waals surface area (Å²) in [5.74, 6) is 1.49. The highest BCUT2D eigenvalue weighted by Gasteiger charge is 2.40. The smallest absolute Gasteiger partial charge is 0.254 e. The molecule has 5 rings (SSSR count). The zero-order chi connectivity index (χ0) is 27.4. The van der Waals surface area contributed by atoms with Crippen molar-refractivity contribution in [3.05, 3.63) is 108 Å². The van der Waals surface area contributed by atoms with Crippen LogP contribution >= 0.6 is 0 Å². The van der Waals surface area contributed by atoms with Gasteiger partial charge in [-0.05, 0) is 60.7 Å². The molecule has 6 nitrogen and oxygen atoms in total. The molecule has 2 unspecified atom stereocenters. The van der Waals surface area contributed by atoms with Crippen molar-refractivity contribution in [2.75, 3.05) is 19.6 Å². The Morgan fingerprint density at radius 1 is 1.05 bits per heavy atom. The van der Waals surface area contributed by atoms with Crippen molar-refractivity contribution in [3.8, 4) is 17.0 Å². The average Bonchev–Trinajstić information content (AvgIpc) is 3.59. The standard InChI is InChI=1S/C33H38N4O2/c1-33(2,3)30(37(22-25-17-18-34-20-25)32(39)27-14-8-5-9-15-27)31-35-29(26-12-6-4-7-13-26)23-36(31)21-24-11-10-16-28(38)19-24/h4-16,19,23,25,30,34,38H,17-18,20-22H2,1-3H3. The number of imidazole rings is 1. The predicted octanol–water partition coefficient (Wildman–Crippen LogP) is 6.14. The van der Waals surface area contributed by atoms with E-state index < -0.39 is 0 Å². The molecule has 0 saturated carbocycles. The molecule has 2 heterocycles. The van der Waals surface area contributed by atoms with Gasteiger partial charge < -0.3 is 19.9 Å². The van der Waals surface area contributed by atoms with Crippen molar-refractivity contribution >= 4 is 5.91 Å². The summed E-state index contributed by atoms with van der Waals surface area (Å²) in [6.07, 6.45) is 3.12. The molecule has 1 fully saturated rings. The zero-order valence-corrected chi connectivity index (χ0v) is 23.0. The lowest BCUT2D eigenvalue weighted by atomic mass is 9.83. The summed E-state index contributed by atoms with van der Waals surface area (Å²) in [4.78, 5) is 21.5. The molecule has 1 amide bonds. The number of hydrogen-bond donors (Lipinski definition) is 2. The molecule has 3 aromatic carbocycles. The first-order valence-electron chi connectivity index (χ1n) is 13.8. The van der Waals surface area contributed by atoms with Crippen molar-refractivity contribution < 1.29 is 9.90 Å². The Labute approximate surface area is 231 Å². The molecule has 6 heteroatoms. The first-order valence-corrected chi connectivity index (χ1v) is 13.8. The first kappa shape index (κ1) is 26.7. The lowest BCUT2D eigenvalue weighted by molar-refractivity contribution is 0.0437. The molecule has 4 aromatic rings. The van der Waals surface area contributed by atoms with E-state index >= 15 is 0 Å². The van der Waals surface area contributed by atoms with Crippen molar-refractivity contribution in [1.29, 1.82) is 0 Å². The largest absolute Gasteiger partial charge is 0.508 e. The minimum Gasteiger partial charge on any atom is -0.508 e. The van der Waals surface area contributed by atoms with E-state index in [0.717, 1.165) is 42.2 Å². The van der Waals surface area contributed by atoms with Crippen LogP contribution in [-0.2, 0) is 6.54 Å². The van der Waals surface area contributed by atoms with Crippen molar-refractivity contribution in [3.63, 3.8) is 0 Å². The minimum atomic E-state index is -0.299. The Morgan fingerprint density at radius 3 is 2.41 bits per heavy atom. The Hall–Kier alpha value is -3.90. The second-order valence-electron chi connectivity index (χ2n) is 11.6. The highest BCUT2D eigenvalue weighted by atomic mass is 16.3. The van der Waals surface area contributed by atoms with Crippen LogP contribution in [0.25, 0.3) is 11.3 Å². The maximum atomic E-state index is 14.2. The fourth-order valence-corrected chi connectivity index (χ4v) is 5.57. The van der Waals surface area contributed by atoms with Gasteiger partial charge in [0.2, 0.25) is 0 Å². The van der Waals surface area contributed by atoms with Gasteiger partial charge in [-0.3, -0.25) is 4.79 Å². The number of phenolic OH excluding ortho intramolecular Hbond substituents is 1. The van der Waals surface area contributed by atoms with Crippen LogP contribution in [0.5, 0.6) is 5.75 Å². The van der Waals surface area contributed by atoms with Crippen LogP contribution in [0.3, 0.4) is 0 Å². The van der Waals surface area contributed by atoms with E-state index in [2.05, 4.69) is 53.9 Å². The van der Waals surface area contributed by atoms with Crippen molar-refractivity contribution in [1.82, 2.24) is 19.8 Å². The molecule has 202 valence electrons. The maximum Gasteiger partial charge on any atom is 0.254 e. The Kier molecular flexibility index (Phi) is 7.84. The van der Waals surface area contributed by atoms with Crippen LogP contribution in [0.4, 0.5) is 0 Å². The lowest BCUT2D eigenvalue weighted by Gasteiger charge is -2.41. The second-order valence-corrected chi connectivity index (χ2v) is 11.6. The molecular weight excluding hydrogens is 484 g/mol. The van der Waals surface area contributed by atoms with Crippen LogP contribution in [0, 0.1) is 11.3 Å². The van der Waals surface area contributed by atoms with Gasteiger partial charge in [-0.1, -0.05) is 81.4 Å². The third-order valence-electron chi connectivity index (χ3n) is 7.42. The number of aromatic nitrogens is 2. The highest BCUT2D eigenvalue weighted by Crippen LogP contribution is 2.40. The molecule has 2 N–H and O–H groups in total. The SMILES string of the molecule is CC(C)(C)C(c1nc(-c2ccccc2)cn1Cc1cccc(O)c1)N(CC1CCNC1)C(=O)c1ccccc1. The first-order chi connectivity index (χ1) is 18.8. The number of rotatable bonds is 8. The summed E-state index contributed by atoms with van der Waals surface area (Å²) in [5, 5.41) is 13.6. The zero-order valence-electron chi connectivity index (χ0n) is 23.0. The van der Waals surface area contributed by atoms with E-state index in [1.54, 1.807) is 12.1 Å². The van der Waals surface area contributed by atoms with Crippen LogP contribution in [-0.4, -0.2) is 45.1 Å². The van der Waals surface area contributed by atoms with E-state index in [1.807, 2.05) is 60.7 Å². The number of phenols is 1. The van der Waals surface area contributed by atoms with Gasteiger partial charge in [-0.15, -0.1) is 0 Å². The summed E-state index contributed by atoms with van der Waals surface area (Å²) in [7, 11) is 0. The second kappa shape index (κ2) is 11.5. The predicted molar refractivity (Wildman–Crippen MR) is 156 cm³/mol. The Balaban J connectivity index is 1.64. The van der Waals surface area contributed by atoms with Gasteiger partial charge in [-0.2, -0.15) is 0 Å². The number of nitrogens with one attached hydrogen (secondary N) is 1. The fourth-order valence-electron chi connectivity index (χ4n) is 5.57. The van der Waals surface area contributed by atoms with Crippen LogP contribution < -0.4 is 5.32 Å². The van der Waals surface area contributed by atoms with E-state index in [9.17, 15) is 9.90 Å². The molecule has 0 bridgehead atoms. The van der Waals surface area contributed by atoms with E-state index in [4.69, 9.17) is 4.98 Å². The van der Waals surface area contributed by atoms with E-state index in [0.29, 0.717) is 24.6 Å². The monoisotopic (exact) mass is 522 g/mol. The van der Waals surface area contributed by atoms with Gasteiger partial charge in [0.15, 0.2) is 0 Å². The van der Waals surface area contributed by atoms with Gasteiger partial charge in [0.25, 0.3) is 5.91 Å². The summed E-state index contributed by atoms with van der Waals surface area (Å²) in [6, 6.07) is 26.8. The van der Waals surface area contributed by atoms with Gasteiger partial charge in [0.1, 0.15) is 11.6 Å². The molecule has 0 spiro atoms. The molecular formula is C33H38N4O2. The van der Waals surface area contributed by atoms with Crippen molar-refractivity contribution in [2.45, 2.75) is 39.8 Å². The van der Waals surface area contributed by atoms with E-state index in [-0.39, 0.29) is 23.1 Å². The van der Waals surface area contributed by atoms with Gasteiger partial charge >= 0.3 is 0 Å². The number of aromatic hydroxyl groups is 1. The van der Waals surface area contributed by atoms with E-state index in [1.165, 1.54) is 0 Å². The van der Waals surface area contributed by atoms with Gasteiger partial charge in [0, 0.05) is 30.4 Å². The summed E-state index contributed by atoms with van der Waals surface area (Å²) < 4.78 is 2.16. The molecule has 1 aromatic heterocycles. The maximum absolute atomic E-state index is 14.2. The Bertz CT molecular complexity index is 1390. The van der Waals surface area contributed by atoms with Crippen LogP contribution in [0.1, 0.15) is 55.0 Å². The Morgan fingerprint density at radius 2 is 1.77 bits per heavy atom. The molecule has 0 aliphatic carbocycles. The van der Waals surface area contributed by atoms with Crippen molar-refractivity contribution in [2.24, 2.45) is 11.3 Å². The minimum absolute atomic E-state index is 0.0237. The molecule has 1 aliphatic heterocycles. The normalized spacial score (nSPS) is 16.2. The van der Waals surface area contributed by atoms with Gasteiger partial charge in [0.05, 0.1) is 11.7 Å². The molecule has 1 saturated heterocycles. The number of carbonyl (C=O) groups is 1. The number of hydrogen-bond acceptors (Lipinski definition) is 4. The topological polar surface area (TPSA) is 70.4 Å². The average molecular weight is 523 g/mol. The third kappa shape index (κ3) is 6.23. The molecule has 2 atom stereocenters. The highest BCUT2D eigenvalue weighted by molar-refractivity contribution is 5.94. The quantitative estimate of drug-likeness (QED) is 0.292. The van der Waals surface area contributed by atoms with Crippen LogP contribution in [0.2, 0.25) is 0 Å².